The van der Waals surface area contributed by atoms with E-state index in [0.29, 0.717) is 21.9 Å². The Morgan fingerprint density at radius 2 is 1.42 bits per heavy atom. The van der Waals surface area contributed by atoms with Crippen molar-refractivity contribution < 1.29 is 8.42 Å². The van der Waals surface area contributed by atoms with E-state index in [1.165, 1.54) is 12.1 Å². The van der Waals surface area contributed by atoms with Crippen molar-refractivity contribution in [3.05, 3.63) is 82.4 Å². The van der Waals surface area contributed by atoms with Gasteiger partial charge in [-0.15, -0.1) is 0 Å². The molecule has 1 aromatic heterocycles. The predicted molar refractivity (Wildman–Crippen MR) is 126 cm³/mol. The van der Waals surface area contributed by atoms with Crippen LogP contribution >= 0.6 is 11.6 Å². The van der Waals surface area contributed by atoms with Crippen LogP contribution in [0.4, 0.5) is 17.3 Å². The van der Waals surface area contributed by atoms with Gasteiger partial charge in [-0.3, -0.25) is 4.72 Å². The minimum absolute atomic E-state index is 0.0452. The van der Waals surface area contributed by atoms with Gasteiger partial charge in [0.1, 0.15) is 0 Å². The van der Waals surface area contributed by atoms with Gasteiger partial charge < -0.3 is 5.32 Å². The van der Waals surface area contributed by atoms with Crippen molar-refractivity contribution in [2.75, 3.05) is 10.0 Å². The lowest BCUT2D eigenvalue weighted by Crippen LogP contribution is -2.16. The zero-order chi connectivity index (χ0) is 22.2. The third-order valence-corrected chi connectivity index (χ3v) is 6.59. The number of anilines is 3. The number of para-hydroxylation sites is 1. The lowest BCUT2D eigenvalue weighted by Gasteiger charge is -2.15. The first-order valence-electron chi connectivity index (χ1n) is 9.63. The minimum Gasteiger partial charge on any atom is -0.337 e. The summed E-state index contributed by atoms with van der Waals surface area (Å²) in [4.78, 5) is 9.32. The quantitative estimate of drug-likeness (QED) is 0.402. The van der Waals surface area contributed by atoms with Crippen LogP contribution in [0.5, 0.6) is 0 Å². The summed E-state index contributed by atoms with van der Waals surface area (Å²) in [5.74, 6) is 0.426. The van der Waals surface area contributed by atoms with Crippen LogP contribution in [0.3, 0.4) is 0 Å². The fraction of sp³-hybridized carbons (Fsp3) is 0.130. The second kappa shape index (κ2) is 8.17. The summed E-state index contributed by atoms with van der Waals surface area (Å²) in [5.41, 5.74) is 5.20. The molecule has 0 bridgehead atoms. The lowest BCUT2D eigenvalue weighted by molar-refractivity contribution is 0.601. The van der Waals surface area contributed by atoms with E-state index in [2.05, 4.69) is 20.0 Å². The van der Waals surface area contributed by atoms with E-state index in [0.717, 1.165) is 22.4 Å². The van der Waals surface area contributed by atoms with Crippen LogP contribution in [0.1, 0.15) is 16.7 Å². The molecule has 0 amide bonds. The highest BCUT2D eigenvalue weighted by molar-refractivity contribution is 7.92. The normalized spacial score (nSPS) is 11.5. The van der Waals surface area contributed by atoms with Gasteiger partial charge in [-0.25, -0.2) is 18.4 Å². The summed E-state index contributed by atoms with van der Waals surface area (Å²) in [7, 11) is -3.92. The number of aryl methyl sites for hydroxylation is 3. The Labute approximate surface area is 186 Å². The molecule has 3 aromatic carbocycles. The van der Waals surface area contributed by atoms with Crippen LogP contribution in [0.2, 0.25) is 5.02 Å². The molecule has 1 heterocycles. The van der Waals surface area contributed by atoms with Crippen LogP contribution < -0.4 is 10.0 Å². The van der Waals surface area contributed by atoms with Crippen molar-refractivity contribution in [2.45, 2.75) is 25.7 Å². The summed E-state index contributed by atoms with van der Waals surface area (Å²) < 4.78 is 28.6. The monoisotopic (exact) mass is 452 g/mol. The molecule has 0 fully saturated rings. The average Bonchev–Trinajstić information content (AvgIpc) is 2.71. The van der Waals surface area contributed by atoms with Crippen LogP contribution in [0, 0.1) is 20.8 Å². The second-order valence-electron chi connectivity index (χ2n) is 7.35. The summed E-state index contributed by atoms with van der Waals surface area (Å²) in [6, 6.07) is 17.6. The van der Waals surface area contributed by atoms with Gasteiger partial charge in [0.05, 0.1) is 15.9 Å². The highest BCUT2D eigenvalue weighted by Crippen LogP contribution is 2.29. The van der Waals surface area contributed by atoms with Crippen LogP contribution in [0.25, 0.3) is 11.0 Å². The van der Waals surface area contributed by atoms with Crippen LogP contribution in [-0.4, -0.2) is 18.4 Å². The van der Waals surface area contributed by atoms with E-state index >= 15 is 0 Å². The number of rotatable bonds is 5. The minimum atomic E-state index is -3.92. The van der Waals surface area contributed by atoms with Crippen molar-refractivity contribution in [2.24, 2.45) is 0 Å². The molecule has 4 aromatic rings. The fourth-order valence-electron chi connectivity index (χ4n) is 3.13. The van der Waals surface area contributed by atoms with E-state index in [1.807, 2.05) is 57.2 Å². The number of hydrogen-bond acceptors (Lipinski definition) is 5. The zero-order valence-corrected chi connectivity index (χ0v) is 18.8. The van der Waals surface area contributed by atoms with Crippen molar-refractivity contribution in [3.63, 3.8) is 0 Å². The Kier molecular flexibility index (Phi) is 5.56. The average molecular weight is 453 g/mol. The van der Waals surface area contributed by atoms with E-state index in [1.54, 1.807) is 12.1 Å². The van der Waals surface area contributed by atoms with Gasteiger partial charge in [0.2, 0.25) is 0 Å². The van der Waals surface area contributed by atoms with E-state index in [4.69, 9.17) is 11.6 Å². The molecule has 0 aliphatic carbocycles. The topological polar surface area (TPSA) is 84.0 Å². The van der Waals surface area contributed by atoms with Gasteiger partial charge in [-0.05, 0) is 73.9 Å². The number of nitrogens with zero attached hydrogens (tertiary/aromatic N) is 2. The maximum atomic E-state index is 13.0. The molecule has 0 unspecified atom stereocenters. The number of nitrogens with one attached hydrogen (secondary N) is 2. The molecular formula is C23H21ClN4O2S. The Hall–Kier alpha value is -3.16. The largest absolute Gasteiger partial charge is 0.337 e. The smallest absolute Gasteiger partial charge is 0.263 e. The molecule has 6 nitrogen and oxygen atoms in total. The number of aromatic nitrogens is 2. The maximum absolute atomic E-state index is 13.0. The highest BCUT2D eigenvalue weighted by Gasteiger charge is 2.20. The van der Waals surface area contributed by atoms with Crippen molar-refractivity contribution in [1.82, 2.24) is 9.97 Å². The molecule has 158 valence electrons. The Morgan fingerprint density at radius 3 is 2.06 bits per heavy atom. The Morgan fingerprint density at radius 1 is 0.774 bits per heavy atom. The molecule has 0 atom stereocenters. The molecule has 0 spiro atoms. The van der Waals surface area contributed by atoms with Gasteiger partial charge in [0.25, 0.3) is 10.0 Å². The maximum Gasteiger partial charge on any atom is 0.263 e. The number of benzene rings is 3. The molecule has 0 aliphatic rings. The molecule has 0 aliphatic heterocycles. The zero-order valence-electron chi connectivity index (χ0n) is 17.3. The Balaban J connectivity index is 1.85. The highest BCUT2D eigenvalue weighted by atomic mass is 35.5. The number of sulfonamides is 1. The first-order valence-corrected chi connectivity index (χ1v) is 11.5. The lowest BCUT2D eigenvalue weighted by atomic mass is 10.1. The number of hydrogen-bond donors (Lipinski definition) is 2. The molecule has 0 radical (unpaired) electrons. The SMILES string of the molecule is Cc1cc2nc(Nc3ccccc3C)c(NS(=O)(=O)c3cccc(Cl)c3)nc2cc1C. The molecule has 4 rings (SSSR count). The summed E-state index contributed by atoms with van der Waals surface area (Å²) in [5, 5.41) is 3.56. The molecular weight excluding hydrogens is 432 g/mol. The second-order valence-corrected chi connectivity index (χ2v) is 9.47. The number of fused-ring (bicyclic) bond motifs is 1. The summed E-state index contributed by atoms with van der Waals surface area (Å²) >= 11 is 5.99. The molecule has 0 saturated carbocycles. The predicted octanol–water partition coefficient (Wildman–Crippen LogP) is 5.75. The number of halogens is 1. The first kappa shape index (κ1) is 21.1. The standard InChI is InChI=1S/C23H21ClN4O2S/c1-14-7-4-5-10-19(14)25-22-23(27-21-12-16(3)15(2)11-20(21)26-22)28-31(29,30)18-9-6-8-17(24)13-18/h4-13H,1-3H3,(H,25,26)(H,27,28). The Bertz CT molecular complexity index is 1400. The van der Waals surface area contributed by atoms with E-state index < -0.39 is 10.0 Å². The third kappa shape index (κ3) is 4.47. The van der Waals surface area contributed by atoms with Gasteiger partial charge >= 0.3 is 0 Å². The van der Waals surface area contributed by atoms with Crippen molar-refractivity contribution >= 4 is 50.0 Å². The first-order chi connectivity index (χ1) is 14.7. The summed E-state index contributed by atoms with van der Waals surface area (Å²) in [6.45, 7) is 5.94. The van der Waals surface area contributed by atoms with Crippen LogP contribution in [-0.2, 0) is 10.0 Å². The molecule has 2 N–H and O–H groups in total. The van der Waals surface area contributed by atoms with Crippen molar-refractivity contribution in [3.8, 4) is 0 Å². The molecule has 31 heavy (non-hydrogen) atoms. The van der Waals surface area contributed by atoms with Gasteiger partial charge in [-0.2, -0.15) is 0 Å². The van der Waals surface area contributed by atoms with Gasteiger partial charge in [0.15, 0.2) is 11.6 Å². The van der Waals surface area contributed by atoms with Crippen LogP contribution in [0.15, 0.2) is 65.6 Å². The van der Waals surface area contributed by atoms with E-state index in [9.17, 15) is 8.42 Å². The molecule has 8 heteroatoms. The third-order valence-electron chi connectivity index (χ3n) is 5.02. The fourth-order valence-corrected chi connectivity index (χ4v) is 4.44. The molecule has 0 saturated heterocycles. The summed E-state index contributed by atoms with van der Waals surface area (Å²) in [6.07, 6.45) is 0. The van der Waals surface area contributed by atoms with Crippen molar-refractivity contribution in [1.29, 1.82) is 0 Å². The van der Waals surface area contributed by atoms with Gasteiger partial charge in [0, 0.05) is 10.7 Å². The van der Waals surface area contributed by atoms with Gasteiger partial charge in [-0.1, -0.05) is 35.9 Å². The van der Waals surface area contributed by atoms with E-state index in [-0.39, 0.29) is 10.7 Å².